The van der Waals surface area contributed by atoms with E-state index in [1.54, 1.807) is 0 Å². The van der Waals surface area contributed by atoms with Crippen molar-refractivity contribution in [1.29, 1.82) is 0 Å². The Balaban J connectivity index is 0.000000540. The normalized spacial score (nSPS) is 13.3. The molecule has 2 rings (SSSR count). The Morgan fingerprint density at radius 2 is 1.00 bits per heavy atom. The van der Waals surface area contributed by atoms with E-state index in [-0.39, 0.29) is 23.4 Å². The molecule has 0 radical (unpaired) electrons. The van der Waals surface area contributed by atoms with Gasteiger partial charge in [-0.2, -0.15) is 0 Å². The van der Waals surface area contributed by atoms with Crippen molar-refractivity contribution in [3.05, 3.63) is 142 Å². The van der Waals surface area contributed by atoms with Crippen LogP contribution < -0.4 is 0 Å². The molecule has 0 bridgehead atoms. The maximum Gasteiger partial charge on any atom is 0.170 e. The smallest absolute Gasteiger partial charge is 0.170 e. The fourth-order valence-corrected chi connectivity index (χ4v) is 6.66. The van der Waals surface area contributed by atoms with Crippen LogP contribution in [0.1, 0.15) is 168 Å². The predicted octanol–water partition coefficient (Wildman–Crippen LogP) is 15.4. The molecule has 0 amide bonds. The average molecular weight is 733 g/mol. The zero-order valence-corrected chi connectivity index (χ0v) is 37.1. The largest absolute Gasteiger partial charge is 0.293 e. The van der Waals surface area contributed by atoms with Crippen molar-refractivity contribution in [2.24, 2.45) is 29.6 Å². The predicted molar refractivity (Wildman–Crippen MR) is 239 cm³/mol. The molecule has 0 aliphatic rings. The third-order valence-electron chi connectivity index (χ3n) is 9.40. The van der Waals surface area contributed by atoms with Crippen molar-refractivity contribution in [2.45, 2.75) is 141 Å². The summed E-state index contributed by atoms with van der Waals surface area (Å²) in [6.07, 6.45) is 18.4. The maximum absolute atomic E-state index is 13.6. The monoisotopic (exact) mass is 733 g/mol. The summed E-state index contributed by atoms with van der Waals surface area (Å²) in [6, 6.07) is 16.6. The van der Waals surface area contributed by atoms with Gasteiger partial charge < -0.3 is 0 Å². The van der Waals surface area contributed by atoms with E-state index in [4.69, 9.17) is 0 Å². The van der Waals surface area contributed by atoms with Crippen LogP contribution in [0.3, 0.4) is 0 Å². The molecule has 54 heavy (non-hydrogen) atoms. The lowest BCUT2D eigenvalue weighted by molar-refractivity contribution is -0.117. The van der Waals surface area contributed by atoms with Gasteiger partial charge in [0.25, 0.3) is 0 Å². The van der Waals surface area contributed by atoms with Gasteiger partial charge in [0.15, 0.2) is 11.6 Å². The van der Waals surface area contributed by atoms with Gasteiger partial charge in [-0.1, -0.05) is 191 Å². The Bertz CT molecular complexity index is 1640. The lowest BCUT2D eigenvalue weighted by atomic mass is 9.79. The van der Waals surface area contributed by atoms with Gasteiger partial charge >= 0.3 is 0 Å². The van der Waals surface area contributed by atoms with Crippen LogP contribution in [0.5, 0.6) is 0 Å². The third kappa shape index (κ3) is 16.7. The van der Waals surface area contributed by atoms with Crippen LogP contribution in [0.2, 0.25) is 0 Å². The number of rotatable bonds is 18. The summed E-state index contributed by atoms with van der Waals surface area (Å²) < 4.78 is 0. The van der Waals surface area contributed by atoms with Gasteiger partial charge in [0.05, 0.1) is 0 Å². The summed E-state index contributed by atoms with van der Waals surface area (Å²) in [6.45, 7) is 34.4. The zero-order chi connectivity index (χ0) is 41.1. The first-order valence-corrected chi connectivity index (χ1v) is 20.6. The van der Waals surface area contributed by atoms with Crippen LogP contribution in [-0.2, 0) is 4.79 Å². The molecule has 296 valence electrons. The van der Waals surface area contributed by atoms with Crippen LogP contribution in [0, 0.1) is 29.6 Å². The maximum atomic E-state index is 13.6. The highest BCUT2D eigenvalue weighted by atomic mass is 16.1. The van der Waals surface area contributed by atoms with E-state index in [0.717, 1.165) is 40.7 Å². The molecule has 0 fully saturated rings. The fourth-order valence-electron chi connectivity index (χ4n) is 6.66. The van der Waals surface area contributed by atoms with Crippen LogP contribution in [-0.4, -0.2) is 11.6 Å². The van der Waals surface area contributed by atoms with E-state index in [0.29, 0.717) is 35.5 Å². The van der Waals surface area contributed by atoms with Crippen molar-refractivity contribution in [1.82, 2.24) is 0 Å². The fraction of sp³-hybridized carbons (Fsp3) is 0.500. The number of hydrogen-bond acceptors (Lipinski definition) is 2. The lowest BCUT2D eigenvalue weighted by Gasteiger charge is -2.24. The second kappa shape index (κ2) is 24.6. The summed E-state index contributed by atoms with van der Waals surface area (Å²) in [7, 11) is 0. The topological polar surface area (TPSA) is 34.1 Å². The van der Waals surface area contributed by atoms with E-state index in [1.807, 2.05) is 50.3 Å². The summed E-state index contributed by atoms with van der Waals surface area (Å²) in [4.78, 5) is 27.2. The van der Waals surface area contributed by atoms with Crippen LogP contribution in [0.4, 0.5) is 0 Å². The first kappa shape index (κ1) is 48.2. The number of hydrogen-bond donors (Lipinski definition) is 0. The number of Topliss-reactive ketones (excluding diaryl/α,β-unsaturated/α-hetero) is 2. The number of ketones is 2. The van der Waals surface area contributed by atoms with Gasteiger partial charge in [-0.25, -0.2) is 0 Å². The molecule has 2 aromatic carbocycles. The molecule has 0 saturated carbocycles. The molecule has 2 atom stereocenters. The summed E-state index contributed by atoms with van der Waals surface area (Å²) in [5.74, 6) is 3.00. The molecule has 0 aliphatic heterocycles. The number of carbonyl (C=O) groups is 2. The molecule has 0 aliphatic carbocycles. The van der Waals surface area contributed by atoms with E-state index in [9.17, 15) is 9.59 Å². The molecule has 2 nitrogen and oxygen atoms in total. The first-order chi connectivity index (χ1) is 25.3. The zero-order valence-electron chi connectivity index (χ0n) is 37.1. The molecule has 2 aromatic rings. The van der Waals surface area contributed by atoms with Gasteiger partial charge in [0.1, 0.15) is 0 Å². The van der Waals surface area contributed by atoms with E-state index >= 15 is 0 Å². The Kier molecular flexibility index (Phi) is 22.0. The van der Waals surface area contributed by atoms with Crippen molar-refractivity contribution in [3.8, 4) is 0 Å². The SMILES string of the molecule is CC(C)=C(/C=C\C=C/C(C)C)C(=O)C(CC(C)C)c1ccccc1C(C)C.CC(C)=C(/C=C\C=C/C(C)C)C(CC(C)C)C(=O)c1ccccc1C(C)C. The number of allylic oxidation sites excluding steroid dienone is 12. The number of carbonyl (C=O) groups excluding carboxylic acids is 2. The van der Waals surface area contributed by atoms with Gasteiger partial charge in [0.2, 0.25) is 0 Å². The minimum atomic E-state index is -0.0985. The molecule has 0 N–H and O–H groups in total. The Labute approximate surface area is 332 Å². The van der Waals surface area contributed by atoms with Crippen molar-refractivity contribution in [3.63, 3.8) is 0 Å². The molecular weight excluding hydrogens is 657 g/mol. The van der Waals surface area contributed by atoms with Crippen LogP contribution >= 0.6 is 0 Å². The van der Waals surface area contributed by atoms with Gasteiger partial charge in [0, 0.05) is 23.0 Å². The van der Waals surface area contributed by atoms with E-state index < -0.39 is 0 Å². The highest BCUT2D eigenvalue weighted by molar-refractivity contribution is 6.03. The highest BCUT2D eigenvalue weighted by Crippen LogP contribution is 2.34. The standard InChI is InChI=1S/2C26H38O/c1-18(2)13-9-10-15-23(21(7)8)26(27)25(17-19(3)4)24-16-12-11-14-22(24)20(5)6;1-18(2)13-9-10-15-23(21(7)8)25(17-19(3)4)26(27)24-16-12-11-14-22(24)20(5)6/h2*9-16,18-20,25H,17H2,1-8H3/b2*13-9-,15-10-. The van der Waals surface area contributed by atoms with Gasteiger partial charge in [-0.05, 0) is 98.3 Å². The van der Waals surface area contributed by atoms with Crippen LogP contribution in [0.25, 0.3) is 0 Å². The second-order valence-electron chi connectivity index (χ2n) is 17.5. The lowest BCUT2D eigenvalue weighted by Crippen LogP contribution is -2.21. The van der Waals surface area contributed by atoms with Crippen LogP contribution in [0.15, 0.2) is 119 Å². The summed E-state index contributed by atoms with van der Waals surface area (Å²) in [5.41, 5.74) is 8.78. The number of benzene rings is 2. The molecule has 2 heteroatoms. The van der Waals surface area contributed by atoms with Crippen molar-refractivity contribution >= 4 is 11.6 Å². The summed E-state index contributed by atoms with van der Waals surface area (Å²) in [5, 5.41) is 0. The van der Waals surface area contributed by atoms with Gasteiger partial charge in [-0.15, -0.1) is 0 Å². The Hall–Kier alpha value is -3.78. The minimum absolute atomic E-state index is 0.0905. The molecule has 2 unspecified atom stereocenters. The second-order valence-corrected chi connectivity index (χ2v) is 17.5. The molecule has 0 saturated heterocycles. The highest BCUT2D eigenvalue weighted by Gasteiger charge is 2.28. The molecular formula is C52H76O2. The van der Waals surface area contributed by atoms with E-state index in [2.05, 4.69) is 158 Å². The van der Waals surface area contributed by atoms with Crippen molar-refractivity contribution in [2.75, 3.05) is 0 Å². The van der Waals surface area contributed by atoms with Gasteiger partial charge in [-0.3, -0.25) is 9.59 Å². The minimum Gasteiger partial charge on any atom is -0.293 e. The molecule has 0 heterocycles. The van der Waals surface area contributed by atoms with E-state index in [1.165, 1.54) is 16.7 Å². The first-order valence-electron chi connectivity index (χ1n) is 20.6. The third-order valence-corrected chi connectivity index (χ3v) is 9.40. The average Bonchev–Trinajstić information content (AvgIpc) is 3.08. The Morgan fingerprint density at radius 1 is 0.537 bits per heavy atom. The van der Waals surface area contributed by atoms with Crippen molar-refractivity contribution < 1.29 is 9.59 Å². The summed E-state index contributed by atoms with van der Waals surface area (Å²) >= 11 is 0. The molecule has 0 aromatic heterocycles. The molecule has 0 spiro atoms. The Morgan fingerprint density at radius 3 is 1.44 bits per heavy atom. The quantitative estimate of drug-likeness (QED) is 0.0869.